The van der Waals surface area contributed by atoms with Crippen molar-refractivity contribution < 1.29 is 13.2 Å². The number of benzene rings is 2. The molecule has 0 amide bonds. The van der Waals surface area contributed by atoms with Gasteiger partial charge in [0.2, 0.25) is 10.0 Å². The molecule has 0 bridgehead atoms. The van der Waals surface area contributed by atoms with Crippen molar-refractivity contribution in [3.63, 3.8) is 0 Å². The fraction of sp³-hybridized carbons (Fsp3) is 0.316. The normalized spacial score (nSPS) is 13.0. The number of hydrogen-bond donors (Lipinski definition) is 1. The van der Waals surface area contributed by atoms with Gasteiger partial charge in [-0.1, -0.05) is 36.5 Å². The Morgan fingerprint density at radius 1 is 1.22 bits per heavy atom. The van der Waals surface area contributed by atoms with Gasteiger partial charge in [0.25, 0.3) is 0 Å². The molecule has 144 valence electrons. The Kier molecular flexibility index (Phi) is 5.69. The standard InChI is InChI=1S/C19H22N2O4S2/c1-4-11-21-16-10-9-14(12-18(16)26-19(21)22)27(23,24)20-13(2)15-7-5-6-8-17(15)25-3/h5-10,12-13,20H,4,11H2,1-3H3/t13-/m0/s1. The molecule has 27 heavy (non-hydrogen) atoms. The van der Waals surface area contributed by atoms with Crippen LogP contribution in [0.25, 0.3) is 10.2 Å². The van der Waals surface area contributed by atoms with Crippen molar-refractivity contribution in [3.05, 3.63) is 57.7 Å². The number of aromatic nitrogens is 1. The van der Waals surface area contributed by atoms with Crippen molar-refractivity contribution in [2.75, 3.05) is 7.11 Å². The Morgan fingerprint density at radius 3 is 2.67 bits per heavy atom. The summed E-state index contributed by atoms with van der Waals surface area (Å²) in [5, 5.41) is 0. The van der Waals surface area contributed by atoms with Crippen molar-refractivity contribution in [2.45, 2.75) is 37.8 Å². The van der Waals surface area contributed by atoms with Gasteiger partial charge in [0.15, 0.2) is 0 Å². The number of fused-ring (bicyclic) bond motifs is 1. The lowest BCUT2D eigenvalue weighted by atomic mass is 10.1. The maximum absolute atomic E-state index is 12.8. The van der Waals surface area contributed by atoms with E-state index < -0.39 is 16.1 Å². The highest BCUT2D eigenvalue weighted by atomic mass is 32.2. The van der Waals surface area contributed by atoms with Gasteiger partial charge in [0.1, 0.15) is 5.75 Å². The van der Waals surface area contributed by atoms with Crippen LogP contribution >= 0.6 is 11.3 Å². The van der Waals surface area contributed by atoms with Crippen molar-refractivity contribution in [3.8, 4) is 5.75 Å². The van der Waals surface area contributed by atoms with Crippen LogP contribution < -0.4 is 14.3 Å². The molecule has 0 saturated carbocycles. The third-order valence-electron chi connectivity index (χ3n) is 4.33. The quantitative estimate of drug-likeness (QED) is 0.651. The summed E-state index contributed by atoms with van der Waals surface area (Å²) < 4.78 is 36.0. The molecule has 0 aliphatic carbocycles. The largest absolute Gasteiger partial charge is 0.496 e. The van der Waals surface area contributed by atoms with Gasteiger partial charge in [0, 0.05) is 18.2 Å². The minimum absolute atomic E-state index is 0.0725. The van der Waals surface area contributed by atoms with E-state index in [1.165, 1.54) is 6.07 Å². The highest BCUT2D eigenvalue weighted by Crippen LogP contribution is 2.27. The Morgan fingerprint density at radius 2 is 1.96 bits per heavy atom. The first-order chi connectivity index (χ1) is 12.9. The molecule has 1 heterocycles. The number of thiazole rings is 1. The van der Waals surface area contributed by atoms with Crippen LogP contribution in [0, 0.1) is 0 Å². The predicted molar refractivity (Wildman–Crippen MR) is 108 cm³/mol. The Balaban J connectivity index is 1.94. The van der Waals surface area contributed by atoms with Crippen LogP contribution in [0.1, 0.15) is 31.9 Å². The summed E-state index contributed by atoms with van der Waals surface area (Å²) in [5.41, 5.74) is 1.52. The zero-order valence-corrected chi connectivity index (χ0v) is 17.1. The second-order valence-corrected chi connectivity index (χ2v) is 8.94. The first kappa shape index (κ1) is 19.6. The predicted octanol–water partition coefficient (Wildman–Crippen LogP) is 3.52. The van der Waals surface area contributed by atoms with Gasteiger partial charge < -0.3 is 4.74 Å². The van der Waals surface area contributed by atoms with Gasteiger partial charge in [-0.2, -0.15) is 0 Å². The average molecular weight is 407 g/mol. The van der Waals surface area contributed by atoms with Crippen molar-refractivity contribution >= 4 is 31.6 Å². The van der Waals surface area contributed by atoms with Crippen molar-refractivity contribution in [2.24, 2.45) is 0 Å². The van der Waals surface area contributed by atoms with Crippen LogP contribution in [0.4, 0.5) is 0 Å². The zero-order chi connectivity index (χ0) is 19.6. The number of methoxy groups -OCH3 is 1. The molecule has 0 aliphatic heterocycles. The molecule has 3 rings (SSSR count). The highest BCUT2D eigenvalue weighted by molar-refractivity contribution is 7.89. The fourth-order valence-electron chi connectivity index (χ4n) is 3.04. The van der Waals surface area contributed by atoms with Crippen molar-refractivity contribution in [1.29, 1.82) is 0 Å². The summed E-state index contributed by atoms with van der Waals surface area (Å²) in [6.07, 6.45) is 0.837. The first-order valence-corrected chi connectivity index (χ1v) is 11.0. The second-order valence-electron chi connectivity index (χ2n) is 6.23. The lowest BCUT2D eigenvalue weighted by molar-refractivity contribution is 0.405. The minimum Gasteiger partial charge on any atom is -0.496 e. The molecule has 1 atom stereocenters. The van der Waals surface area contributed by atoms with Crippen molar-refractivity contribution in [1.82, 2.24) is 9.29 Å². The summed E-state index contributed by atoms with van der Waals surface area (Å²) >= 11 is 1.07. The third-order valence-corrected chi connectivity index (χ3v) is 6.81. The van der Waals surface area contributed by atoms with Gasteiger partial charge in [-0.25, -0.2) is 13.1 Å². The molecule has 0 saturated heterocycles. The Bertz CT molecular complexity index is 1120. The fourth-order valence-corrected chi connectivity index (χ4v) is 5.32. The van der Waals surface area contributed by atoms with E-state index in [4.69, 9.17) is 4.74 Å². The maximum atomic E-state index is 12.8. The van der Waals surface area contributed by atoms with E-state index in [2.05, 4.69) is 4.72 Å². The van der Waals surface area contributed by atoms with Gasteiger partial charge in [-0.05, 0) is 37.6 Å². The molecule has 3 aromatic rings. The maximum Gasteiger partial charge on any atom is 0.308 e. The number of nitrogens with one attached hydrogen (secondary N) is 1. The second kappa shape index (κ2) is 7.84. The molecule has 8 heteroatoms. The summed E-state index contributed by atoms with van der Waals surface area (Å²) in [4.78, 5) is 12.2. The average Bonchev–Trinajstić information content (AvgIpc) is 2.96. The Labute approximate surface area is 162 Å². The number of sulfonamides is 1. The summed E-state index contributed by atoms with van der Waals surface area (Å²) in [5.74, 6) is 0.623. The SMILES string of the molecule is CCCn1c(=O)sc2cc(S(=O)(=O)N[C@@H](C)c3ccccc3OC)ccc21. The topological polar surface area (TPSA) is 77.4 Å². The van der Waals surface area contributed by atoms with Gasteiger partial charge in [-0.3, -0.25) is 9.36 Å². The summed E-state index contributed by atoms with van der Waals surface area (Å²) in [6, 6.07) is 11.6. The monoisotopic (exact) mass is 406 g/mol. The van der Waals surface area contributed by atoms with Crippen LogP contribution in [0.5, 0.6) is 5.75 Å². The lowest BCUT2D eigenvalue weighted by Gasteiger charge is -2.17. The zero-order valence-electron chi connectivity index (χ0n) is 15.4. The molecule has 2 aromatic carbocycles. The van der Waals surface area contributed by atoms with Crippen LogP contribution in [0.15, 0.2) is 52.2 Å². The van der Waals surface area contributed by atoms with E-state index in [1.54, 1.807) is 36.8 Å². The third kappa shape index (κ3) is 3.92. The molecule has 0 fully saturated rings. The molecule has 0 radical (unpaired) electrons. The Hall–Kier alpha value is -2.16. The van der Waals surface area contributed by atoms with E-state index in [9.17, 15) is 13.2 Å². The first-order valence-electron chi connectivity index (χ1n) is 8.66. The number of aryl methyl sites for hydroxylation is 1. The number of nitrogens with zero attached hydrogens (tertiary/aromatic N) is 1. The summed E-state index contributed by atoms with van der Waals surface area (Å²) in [7, 11) is -2.20. The number of hydrogen-bond acceptors (Lipinski definition) is 5. The lowest BCUT2D eigenvalue weighted by Crippen LogP contribution is -2.27. The van der Waals surface area contributed by atoms with E-state index in [-0.39, 0.29) is 9.77 Å². The van der Waals surface area contributed by atoms with E-state index in [0.717, 1.165) is 28.8 Å². The van der Waals surface area contributed by atoms with E-state index in [0.29, 0.717) is 17.0 Å². The van der Waals surface area contributed by atoms with Gasteiger partial charge in [-0.15, -0.1) is 0 Å². The molecule has 1 N–H and O–H groups in total. The molecule has 6 nitrogen and oxygen atoms in total. The summed E-state index contributed by atoms with van der Waals surface area (Å²) in [6.45, 7) is 4.38. The van der Waals surface area contributed by atoms with Crippen LogP contribution in [0.3, 0.4) is 0 Å². The van der Waals surface area contributed by atoms with E-state index in [1.807, 2.05) is 25.1 Å². The van der Waals surface area contributed by atoms with Crippen LogP contribution in [-0.2, 0) is 16.6 Å². The highest BCUT2D eigenvalue weighted by Gasteiger charge is 2.21. The van der Waals surface area contributed by atoms with Gasteiger partial charge >= 0.3 is 4.87 Å². The number of ether oxygens (including phenoxy) is 1. The number of para-hydroxylation sites is 1. The van der Waals surface area contributed by atoms with Gasteiger partial charge in [0.05, 0.1) is 22.2 Å². The molecule has 0 spiro atoms. The molecular weight excluding hydrogens is 384 g/mol. The number of rotatable bonds is 7. The smallest absolute Gasteiger partial charge is 0.308 e. The molecule has 0 unspecified atom stereocenters. The molecule has 1 aromatic heterocycles. The van der Waals surface area contributed by atoms with E-state index >= 15 is 0 Å². The molecular formula is C19H22N2O4S2. The van der Waals surface area contributed by atoms with Crippen LogP contribution in [-0.4, -0.2) is 20.1 Å². The molecule has 0 aliphatic rings. The minimum atomic E-state index is -3.75. The van der Waals surface area contributed by atoms with Crippen LogP contribution in [0.2, 0.25) is 0 Å².